The summed E-state index contributed by atoms with van der Waals surface area (Å²) in [6.45, 7) is 0.167. The van der Waals surface area contributed by atoms with E-state index in [0.29, 0.717) is 0 Å². The lowest BCUT2D eigenvalue weighted by Crippen LogP contribution is -2.24. The number of ether oxygens (including phenoxy) is 1. The zero-order valence-electron chi connectivity index (χ0n) is 7.91. The Balaban J connectivity index is 2.68. The van der Waals surface area contributed by atoms with Crippen LogP contribution in [-0.4, -0.2) is 29.9 Å². The van der Waals surface area contributed by atoms with Crippen molar-refractivity contribution < 1.29 is 22.4 Å². The molecule has 0 aromatic carbocycles. The summed E-state index contributed by atoms with van der Waals surface area (Å²) in [5.74, 6) is -1.43. The van der Waals surface area contributed by atoms with Crippen LogP contribution in [0.5, 0.6) is 0 Å². The molecule has 1 rings (SSSR count). The fourth-order valence-corrected chi connectivity index (χ4v) is 0.911. The van der Waals surface area contributed by atoms with Crippen molar-refractivity contribution in [2.75, 3.05) is 13.7 Å². The zero-order chi connectivity index (χ0) is 11.5. The third-order valence-corrected chi connectivity index (χ3v) is 1.72. The summed E-state index contributed by atoms with van der Waals surface area (Å²) in [6, 6.07) is 0. The zero-order valence-corrected chi connectivity index (χ0v) is 7.91. The SMILES string of the molecule is COC(CN)Cc1nc(C(F)(F)F)no1. The van der Waals surface area contributed by atoms with Gasteiger partial charge in [0, 0.05) is 13.7 Å². The maximum absolute atomic E-state index is 12.1. The Morgan fingerprint density at radius 1 is 1.53 bits per heavy atom. The molecule has 0 fully saturated rings. The molecule has 1 atom stereocenters. The fraction of sp³-hybridized carbons (Fsp3) is 0.714. The minimum absolute atomic E-state index is 0.0656. The van der Waals surface area contributed by atoms with Crippen molar-refractivity contribution in [1.29, 1.82) is 0 Å². The smallest absolute Gasteiger partial charge is 0.380 e. The van der Waals surface area contributed by atoms with Crippen LogP contribution in [-0.2, 0) is 17.3 Å². The highest BCUT2D eigenvalue weighted by Crippen LogP contribution is 2.26. The summed E-state index contributed by atoms with van der Waals surface area (Å²) < 4.78 is 45.5. The van der Waals surface area contributed by atoms with Crippen LogP contribution in [0.25, 0.3) is 0 Å². The molecule has 8 heteroatoms. The number of aromatic nitrogens is 2. The lowest BCUT2D eigenvalue weighted by Gasteiger charge is -2.08. The second-order valence-corrected chi connectivity index (χ2v) is 2.81. The molecular weight excluding hydrogens is 215 g/mol. The first kappa shape index (κ1) is 11.9. The lowest BCUT2D eigenvalue weighted by molar-refractivity contribution is -0.146. The number of alkyl halides is 3. The van der Waals surface area contributed by atoms with Gasteiger partial charge in [0.05, 0.1) is 12.5 Å². The number of nitrogens with zero attached hydrogens (tertiary/aromatic N) is 2. The molecule has 0 bridgehead atoms. The molecule has 1 unspecified atom stereocenters. The predicted octanol–water partition coefficient (Wildman–Crippen LogP) is 0.605. The van der Waals surface area contributed by atoms with E-state index in [9.17, 15) is 13.2 Å². The van der Waals surface area contributed by atoms with E-state index in [2.05, 4.69) is 14.7 Å². The van der Waals surface area contributed by atoms with Crippen molar-refractivity contribution in [3.8, 4) is 0 Å². The predicted molar refractivity (Wildman–Crippen MR) is 42.9 cm³/mol. The largest absolute Gasteiger partial charge is 0.455 e. The number of methoxy groups -OCH3 is 1. The van der Waals surface area contributed by atoms with Crippen LogP contribution in [0, 0.1) is 0 Å². The van der Waals surface area contributed by atoms with Gasteiger partial charge in [0.1, 0.15) is 0 Å². The van der Waals surface area contributed by atoms with Gasteiger partial charge in [-0.1, -0.05) is 5.16 Å². The number of hydrogen-bond donors (Lipinski definition) is 1. The topological polar surface area (TPSA) is 74.2 Å². The maximum Gasteiger partial charge on any atom is 0.455 e. The summed E-state index contributed by atoms with van der Waals surface area (Å²) in [6.07, 6.45) is -4.95. The maximum atomic E-state index is 12.1. The van der Waals surface area contributed by atoms with Crippen LogP contribution in [0.15, 0.2) is 4.52 Å². The van der Waals surface area contributed by atoms with Gasteiger partial charge in [-0.05, 0) is 0 Å². The van der Waals surface area contributed by atoms with E-state index in [1.54, 1.807) is 0 Å². The van der Waals surface area contributed by atoms with Gasteiger partial charge in [0.2, 0.25) is 5.89 Å². The minimum atomic E-state index is -4.59. The second kappa shape index (κ2) is 4.58. The Hall–Kier alpha value is -1.15. The van der Waals surface area contributed by atoms with Crippen LogP contribution in [0.3, 0.4) is 0 Å². The molecule has 0 aliphatic carbocycles. The summed E-state index contributed by atoms with van der Waals surface area (Å²) in [5.41, 5.74) is 5.29. The van der Waals surface area contributed by atoms with Crippen molar-refractivity contribution in [3.05, 3.63) is 11.7 Å². The minimum Gasteiger partial charge on any atom is -0.380 e. The lowest BCUT2D eigenvalue weighted by atomic mass is 10.2. The van der Waals surface area contributed by atoms with Crippen LogP contribution < -0.4 is 5.73 Å². The summed E-state index contributed by atoms with van der Waals surface area (Å²) in [5, 5.41) is 2.80. The van der Waals surface area contributed by atoms with Gasteiger partial charge in [-0.3, -0.25) is 0 Å². The van der Waals surface area contributed by atoms with Crippen molar-refractivity contribution in [1.82, 2.24) is 10.1 Å². The van der Waals surface area contributed by atoms with Crippen molar-refractivity contribution >= 4 is 0 Å². The third kappa shape index (κ3) is 3.17. The van der Waals surface area contributed by atoms with Gasteiger partial charge in [-0.2, -0.15) is 18.2 Å². The monoisotopic (exact) mass is 225 g/mol. The Kier molecular flexibility index (Phi) is 3.64. The Morgan fingerprint density at radius 2 is 2.20 bits per heavy atom. The highest BCUT2D eigenvalue weighted by Gasteiger charge is 2.37. The summed E-state index contributed by atoms with van der Waals surface area (Å²) in [4.78, 5) is 3.18. The summed E-state index contributed by atoms with van der Waals surface area (Å²) >= 11 is 0. The molecule has 0 amide bonds. The molecular formula is C7H10F3N3O2. The quantitative estimate of drug-likeness (QED) is 0.812. The van der Waals surface area contributed by atoms with Gasteiger partial charge in [-0.15, -0.1) is 0 Å². The van der Waals surface area contributed by atoms with E-state index in [1.807, 2.05) is 0 Å². The Morgan fingerprint density at radius 3 is 2.60 bits per heavy atom. The van der Waals surface area contributed by atoms with Crippen LogP contribution >= 0.6 is 0 Å². The highest BCUT2D eigenvalue weighted by atomic mass is 19.4. The molecule has 0 saturated heterocycles. The third-order valence-electron chi connectivity index (χ3n) is 1.72. The molecule has 0 saturated carbocycles. The van der Waals surface area contributed by atoms with Crippen LogP contribution in [0.4, 0.5) is 13.2 Å². The van der Waals surface area contributed by atoms with E-state index in [-0.39, 0.29) is 18.9 Å². The molecule has 2 N–H and O–H groups in total. The van der Waals surface area contributed by atoms with Gasteiger partial charge >= 0.3 is 6.18 Å². The highest BCUT2D eigenvalue weighted by molar-refractivity contribution is 4.92. The molecule has 5 nitrogen and oxygen atoms in total. The molecule has 1 heterocycles. The summed E-state index contributed by atoms with van der Waals surface area (Å²) in [7, 11) is 1.40. The molecule has 1 aromatic rings. The molecule has 0 spiro atoms. The van der Waals surface area contributed by atoms with E-state index in [1.165, 1.54) is 7.11 Å². The first-order chi connectivity index (χ1) is 6.97. The average molecular weight is 225 g/mol. The Bertz CT molecular complexity index is 309. The van der Waals surface area contributed by atoms with Crippen molar-refractivity contribution in [2.24, 2.45) is 5.73 Å². The molecule has 0 radical (unpaired) electrons. The van der Waals surface area contributed by atoms with Gasteiger partial charge in [0.15, 0.2) is 0 Å². The normalized spacial score (nSPS) is 14.2. The van der Waals surface area contributed by atoms with Crippen molar-refractivity contribution in [2.45, 2.75) is 18.7 Å². The van der Waals surface area contributed by atoms with Crippen molar-refractivity contribution in [3.63, 3.8) is 0 Å². The van der Waals surface area contributed by atoms with E-state index < -0.39 is 18.1 Å². The van der Waals surface area contributed by atoms with E-state index >= 15 is 0 Å². The molecule has 1 aromatic heterocycles. The van der Waals surface area contributed by atoms with Gasteiger partial charge < -0.3 is 15.0 Å². The number of rotatable bonds is 4. The van der Waals surface area contributed by atoms with Crippen LogP contribution in [0.2, 0.25) is 0 Å². The van der Waals surface area contributed by atoms with Gasteiger partial charge in [-0.25, -0.2) is 0 Å². The number of halogens is 3. The van der Waals surface area contributed by atoms with E-state index in [0.717, 1.165) is 0 Å². The van der Waals surface area contributed by atoms with Crippen LogP contribution in [0.1, 0.15) is 11.7 Å². The molecule has 0 aliphatic heterocycles. The fourth-order valence-electron chi connectivity index (χ4n) is 0.911. The molecule has 0 aliphatic rings. The standard InChI is InChI=1S/C7H10F3N3O2/c1-14-4(3-11)2-5-12-6(13-15-5)7(8,9)10/h4H,2-3,11H2,1H3. The first-order valence-electron chi connectivity index (χ1n) is 4.10. The first-order valence-corrected chi connectivity index (χ1v) is 4.10. The van der Waals surface area contributed by atoms with E-state index in [4.69, 9.17) is 10.5 Å². The second-order valence-electron chi connectivity index (χ2n) is 2.81. The number of hydrogen-bond acceptors (Lipinski definition) is 5. The van der Waals surface area contributed by atoms with Gasteiger partial charge in [0.25, 0.3) is 5.82 Å². The average Bonchev–Trinajstić information content (AvgIpc) is 2.61. The molecule has 15 heavy (non-hydrogen) atoms. The molecule has 86 valence electrons. The Labute approximate surface area is 83.4 Å². The number of nitrogens with two attached hydrogens (primary N) is 1.